The Balaban J connectivity index is 0. The molecule has 0 saturated carbocycles. The summed E-state index contributed by atoms with van der Waals surface area (Å²) in [4.78, 5) is 9.60. The number of rotatable bonds is 2. The number of hydrogen-bond donors (Lipinski definition) is 2. The normalized spacial score (nSPS) is 9.82. The van der Waals surface area contributed by atoms with Crippen molar-refractivity contribution in [3.63, 3.8) is 0 Å². The molecule has 0 saturated heterocycles. The van der Waals surface area contributed by atoms with Gasteiger partial charge in [-0.05, 0) is 6.42 Å². The van der Waals surface area contributed by atoms with E-state index in [1.54, 1.807) is 0 Å². The molecule has 5 heteroatoms. The van der Waals surface area contributed by atoms with Crippen molar-refractivity contribution in [1.29, 1.82) is 0 Å². The van der Waals surface area contributed by atoms with Gasteiger partial charge in [0.05, 0.1) is 0 Å². The van der Waals surface area contributed by atoms with Gasteiger partial charge >= 0.3 is 39.1 Å². The van der Waals surface area contributed by atoms with E-state index in [1.807, 2.05) is 6.92 Å². The van der Waals surface area contributed by atoms with Crippen molar-refractivity contribution in [2.75, 3.05) is 0 Å². The van der Waals surface area contributed by atoms with Crippen molar-refractivity contribution >= 4 is 19.8 Å². The second kappa shape index (κ2) is 6.50. The van der Waals surface area contributed by atoms with Gasteiger partial charge in [-0.1, -0.05) is 6.92 Å². The van der Waals surface area contributed by atoms with Gasteiger partial charge in [0.25, 0.3) is 0 Å². The van der Waals surface area contributed by atoms with Crippen LogP contribution in [0.2, 0.25) is 11.4 Å². The molecule has 0 aromatic heterocycles. The average Bonchev–Trinajstić information content (AvgIpc) is 1.58. The molecule has 0 aliphatic carbocycles. The van der Waals surface area contributed by atoms with Crippen molar-refractivity contribution in [2.45, 2.75) is 31.2 Å². The Morgan fingerprint density at radius 1 is 1.45 bits per heavy atom. The quantitative estimate of drug-likeness (QED) is 0.688. The van der Waals surface area contributed by atoms with E-state index >= 15 is 0 Å². The Kier molecular flexibility index (Phi) is 7.90. The van der Waals surface area contributed by atoms with E-state index in [1.165, 1.54) is 11.4 Å². The SMILES string of the molecule is CCCC(=O)O.C[As](C)(=O)O. The Hall–Kier alpha value is -0.212. The van der Waals surface area contributed by atoms with Gasteiger partial charge in [-0.3, -0.25) is 4.79 Å². The van der Waals surface area contributed by atoms with Crippen molar-refractivity contribution in [3.8, 4) is 0 Å². The van der Waals surface area contributed by atoms with Gasteiger partial charge in [0, 0.05) is 6.42 Å². The monoisotopic (exact) mass is 226 g/mol. The summed E-state index contributed by atoms with van der Waals surface area (Å²) in [6.45, 7) is 1.84. The van der Waals surface area contributed by atoms with Crippen LogP contribution in [0.4, 0.5) is 0 Å². The summed E-state index contributed by atoms with van der Waals surface area (Å²) < 4.78 is 18.0. The Morgan fingerprint density at radius 2 is 1.73 bits per heavy atom. The van der Waals surface area contributed by atoms with Gasteiger partial charge in [-0.15, -0.1) is 0 Å². The van der Waals surface area contributed by atoms with Crippen LogP contribution >= 0.6 is 0 Å². The fourth-order valence-electron chi connectivity index (χ4n) is 0.214. The van der Waals surface area contributed by atoms with E-state index in [2.05, 4.69) is 0 Å². The van der Waals surface area contributed by atoms with Crippen molar-refractivity contribution in [2.24, 2.45) is 0 Å². The van der Waals surface area contributed by atoms with Crippen LogP contribution in [0.5, 0.6) is 0 Å². The van der Waals surface area contributed by atoms with Gasteiger partial charge < -0.3 is 5.11 Å². The predicted molar refractivity (Wildman–Crippen MR) is 42.9 cm³/mol. The molecule has 11 heavy (non-hydrogen) atoms. The summed E-state index contributed by atoms with van der Waals surface area (Å²) in [5, 5.41) is 7.91. The van der Waals surface area contributed by atoms with Crippen LogP contribution in [-0.2, 0) is 8.53 Å². The topological polar surface area (TPSA) is 74.6 Å². The number of aliphatic carboxylic acids is 1. The fourth-order valence-corrected chi connectivity index (χ4v) is 0.214. The molecule has 0 rings (SSSR count). The molecule has 0 aliphatic heterocycles. The van der Waals surface area contributed by atoms with E-state index in [0.29, 0.717) is 6.42 Å². The summed E-state index contributed by atoms with van der Waals surface area (Å²) in [6, 6.07) is 0. The summed E-state index contributed by atoms with van der Waals surface area (Å²) in [7, 11) is 0. The molecule has 0 aliphatic rings. The molecule has 0 unspecified atom stereocenters. The third kappa shape index (κ3) is 76.4. The zero-order chi connectivity index (χ0) is 9.49. The number of carboxylic acid groups (broad SMARTS) is 1. The van der Waals surface area contributed by atoms with E-state index in [-0.39, 0.29) is 0 Å². The second-order valence-corrected chi connectivity index (χ2v) is 7.87. The van der Waals surface area contributed by atoms with Gasteiger partial charge in [0.15, 0.2) is 0 Å². The van der Waals surface area contributed by atoms with Gasteiger partial charge in [-0.2, -0.15) is 0 Å². The molecule has 2 N–H and O–H groups in total. The summed E-state index contributed by atoms with van der Waals surface area (Å²) in [5.41, 5.74) is 2.72. The number of hydrogen-bond acceptors (Lipinski definition) is 2. The molecule has 4 nitrogen and oxygen atoms in total. The Bertz CT molecular complexity index is 140. The number of carbonyl (C=O) groups is 1. The summed E-state index contributed by atoms with van der Waals surface area (Å²) in [6.07, 6.45) is 1.02. The molecule has 0 heterocycles. The van der Waals surface area contributed by atoms with Gasteiger partial charge in [-0.25, -0.2) is 0 Å². The molecule has 0 bridgehead atoms. The van der Waals surface area contributed by atoms with E-state index in [9.17, 15) is 8.53 Å². The van der Waals surface area contributed by atoms with Crippen LogP contribution in [0.3, 0.4) is 0 Å². The van der Waals surface area contributed by atoms with Crippen LogP contribution < -0.4 is 0 Å². The zero-order valence-corrected chi connectivity index (χ0v) is 8.95. The first-order chi connectivity index (χ1) is 4.77. The standard InChI is InChI=1S/C4H8O2.C2H7AsO2/c1-2-3-4(5)6;1-3(2,4)5/h2-3H2,1H3,(H,5,6);1-2H3,(H,4,5). The maximum atomic E-state index is 9.83. The molecule has 0 amide bonds. The van der Waals surface area contributed by atoms with Crippen LogP contribution in [0, 0.1) is 0 Å². The van der Waals surface area contributed by atoms with Crippen molar-refractivity contribution in [3.05, 3.63) is 0 Å². The first-order valence-corrected chi connectivity index (χ1v) is 8.62. The second-order valence-electron chi connectivity index (χ2n) is 2.44. The van der Waals surface area contributed by atoms with Crippen molar-refractivity contribution in [1.82, 2.24) is 0 Å². The minimum atomic E-state index is -3.12. The molecule has 0 radical (unpaired) electrons. The van der Waals surface area contributed by atoms with Gasteiger partial charge in [0.2, 0.25) is 0 Å². The zero-order valence-electron chi connectivity index (χ0n) is 7.07. The number of carboxylic acids is 1. The van der Waals surface area contributed by atoms with E-state index in [4.69, 9.17) is 9.20 Å². The van der Waals surface area contributed by atoms with E-state index < -0.39 is 19.8 Å². The van der Waals surface area contributed by atoms with Crippen LogP contribution in [-0.4, -0.2) is 29.0 Å². The van der Waals surface area contributed by atoms with Crippen LogP contribution in [0.25, 0.3) is 0 Å². The molecule has 0 aromatic rings. The third-order valence-electron chi connectivity index (χ3n) is 0.464. The van der Waals surface area contributed by atoms with E-state index in [0.717, 1.165) is 6.42 Å². The molecule has 0 spiro atoms. The Morgan fingerprint density at radius 3 is 1.73 bits per heavy atom. The molecule has 68 valence electrons. The molecular weight excluding hydrogens is 211 g/mol. The first kappa shape index (κ1) is 13.4. The first-order valence-electron chi connectivity index (χ1n) is 3.27. The molecule has 0 aromatic carbocycles. The predicted octanol–water partition coefficient (Wildman–Crippen LogP) is 0.982. The summed E-state index contributed by atoms with van der Waals surface area (Å²) in [5.74, 6) is -0.711. The Labute approximate surface area is 69.3 Å². The third-order valence-corrected chi connectivity index (χ3v) is 0.464. The van der Waals surface area contributed by atoms with Crippen molar-refractivity contribution < 1.29 is 17.7 Å². The summed E-state index contributed by atoms with van der Waals surface area (Å²) >= 11 is -3.12. The fraction of sp³-hybridized carbons (Fsp3) is 0.833. The average molecular weight is 226 g/mol. The van der Waals surface area contributed by atoms with Crippen LogP contribution in [0.15, 0.2) is 0 Å². The van der Waals surface area contributed by atoms with Gasteiger partial charge in [0.1, 0.15) is 0 Å². The molecule has 0 atom stereocenters. The minimum absolute atomic E-state index is 0.292. The molecule has 0 fully saturated rings. The maximum absolute atomic E-state index is 9.83. The van der Waals surface area contributed by atoms with Crippen LogP contribution in [0.1, 0.15) is 19.8 Å². The molecular formula is C6H15AsO4.